The number of hydrogen-bond donors (Lipinski definition) is 1. The SMILES string of the molecule is Clc1cccc(NCCSc2nc3ccccc3o2)c1. The van der Waals surface area contributed by atoms with Crippen molar-refractivity contribution < 1.29 is 4.42 Å². The van der Waals surface area contributed by atoms with Crippen LogP contribution < -0.4 is 5.32 Å². The van der Waals surface area contributed by atoms with Gasteiger partial charge in [-0.05, 0) is 30.3 Å². The Balaban J connectivity index is 1.52. The normalized spacial score (nSPS) is 10.8. The molecule has 0 spiro atoms. The average Bonchev–Trinajstić information content (AvgIpc) is 2.86. The summed E-state index contributed by atoms with van der Waals surface area (Å²) >= 11 is 7.52. The topological polar surface area (TPSA) is 38.1 Å². The number of aromatic nitrogens is 1. The maximum Gasteiger partial charge on any atom is 0.256 e. The minimum Gasteiger partial charge on any atom is -0.431 e. The Morgan fingerprint density at radius 1 is 1.15 bits per heavy atom. The molecule has 1 heterocycles. The Hall–Kier alpha value is -1.65. The molecule has 1 N–H and O–H groups in total. The lowest BCUT2D eigenvalue weighted by Crippen LogP contribution is -2.03. The molecule has 0 unspecified atom stereocenters. The summed E-state index contributed by atoms with van der Waals surface area (Å²) in [7, 11) is 0. The maximum atomic E-state index is 5.93. The highest BCUT2D eigenvalue weighted by Crippen LogP contribution is 2.23. The van der Waals surface area contributed by atoms with Crippen molar-refractivity contribution in [2.45, 2.75) is 5.22 Å². The molecular formula is C15H13ClN2OS. The van der Waals surface area contributed by atoms with Crippen molar-refractivity contribution in [1.29, 1.82) is 0 Å². The summed E-state index contributed by atoms with van der Waals surface area (Å²) in [5.41, 5.74) is 2.76. The molecule has 0 aliphatic rings. The summed E-state index contributed by atoms with van der Waals surface area (Å²) in [5, 5.41) is 4.76. The fraction of sp³-hybridized carbons (Fsp3) is 0.133. The molecule has 0 amide bonds. The van der Waals surface area contributed by atoms with Gasteiger partial charge in [0.1, 0.15) is 5.52 Å². The predicted molar refractivity (Wildman–Crippen MR) is 84.7 cm³/mol. The van der Waals surface area contributed by atoms with Gasteiger partial charge in [0.15, 0.2) is 5.58 Å². The van der Waals surface area contributed by atoms with Crippen molar-refractivity contribution >= 4 is 40.1 Å². The number of benzene rings is 2. The van der Waals surface area contributed by atoms with Crippen LogP contribution in [-0.4, -0.2) is 17.3 Å². The van der Waals surface area contributed by atoms with Crippen LogP contribution in [0.2, 0.25) is 5.02 Å². The van der Waals surface area contributed by atoms with Gasteiger partial charge in [0.05, 0.1) is 0 Å². The highest BCUT2D eigenvalue weighted by atomic mass is 35.5. The van der Waals surface area contributed by atoms with Crippen molar-refractivity contribution in [1.82, 2.24) is 4.98 Å². The average molecular weight is 305 g/mol. The Bertz CT molecular complexity index is 681. The third kappa shape index (κ3) is 3.26. The molecule has 0 fully saturated rings. The van der Waals surface area contributed by atoms with E-state index < -0.39 is 0 Å². The molecule has 0 saturated heterocycles. The first-order chi connectivity index (χ1) is 9.81. The number of halogens is 1. The first-order valence-corrected chi connectivity index (χ1v) is 7.65. The summed E-state index contributed by atoms with van der Waals surface area (Å²) in [5.74, 6) is 0.874. The van der Waals surface area contributed by atoms with Gasteiger partial charge in [0.25, 0.3) is 5.22 Å². The lowest BCUT2D eigenvalue weighted by atomic mass is 10.3. The molecule has 102 valence electrons. The molecule has 0 aliphatic heterocycles. The van der Waals surface area contributed by atoms with E-state index in [-0.39, 0.29) is 0 Å². The second-order valence-electron chi connectivity index (χ2n) is 4.23. The molecule has 0 radical (unpaired) electrons. The molecule has 0 bridgehead atoms. The van der Waals surface area contributed by atoms with Crippen LogP contribution in [0.25, 0.3) is 11.1 Å². The van der Waals surface area contributed by atoms with Gasteiger partial charge in [0, 0.05) is 23.0 Å². The molecule has 5 heteroatoms. The van der Waals surface area contributed by atoms with Crippen LogP contribution in [0.4, 0.5) is 5.69 Å². The highest BCUT2D eigenvalue weighted by molar-refractivity contribution is 7.99. The van der Waals surface area contributed by atoms with Gasteiger partial charge in [0.2, 0.25) is 0 Å². The number of oxazole rings is 1. The van der Waals surface area contributed by atoms with Crippen LogP contribution in [0, 0.1) is 0 Å². The van der Waals surface area contributed by atoms with E-state index in [1.54, 1.807) is 11.8 Å². The molecule has 0 atom stereocenters. The van der Waals surface area contributed by atoms with Crippen LogP contribution in [0.15, 0.2) is 58.2 Å². The van der Waals surface area contributed by atoms with E-state index in [9.17, 15) is 0 Å². The Morgan fingerprint density at radius 3 is 2.90 bits per heavy atom. The maximum absolute atomic E-state index is 5.93. The summed E-state index contributed by atoms with van der Waals surface area (Å²) < 4.78 is 5.64. The lowest BCUT2D eigenvalue weighted by Gasteiger charge is -2.04. The van der Waals surface area contributed by atoms with Gasteiger partial charge in [-0.25, -0.2) is 4.98 Å². The number of nitrogens with zero attached hydrogens (tertiary/aromatic N) is 1. The number of fused-ring (bicyclic) bond motifs is 1. The molecule has 3 nitrogen and oxygen atoms in total. The summed E-state index contributed by atoms with van der Waals surface area (Å²) in [6.07, 6.45) is 0. The minimum absolute atomic E-state index is 0.707. The molecule has 0 aliphatic carbocycles. The molecule has 1 aromatic heterocycles. The van der Waals surface area contributed by atoms with Crippen LogP contribution in [0.3, 0.4) is 0 Å². The number of thioether (sulfide) groups is 1. The molecule has 0 saturated carbocycles. The Kier molecular flexibility index (Phi) is 4.14. The van der Waals surface area contributed by atoms with Gasteiger partial charge in [-0.15, -0.1) is 0 Å². The highest BCUT2D eigenvalue weighted by Gasteiger charge is 2.04. The minimum atomic E-state index is 0.707. The van der Waals surface area contributed by atoms with E-state index in [0.717, 1.165) is 34.1 Å². The van der Waals surface area contributed by atoms with E-state index in [1.165, 1.54) is 0 Å². The Morgan fingerprint density at radius 2 is 2.05 bits per heavy atom. The fourth-order valence-electron chi connectivity index (χ4n) is 1.84. The number of nitrogens with one attached hydrogen (secondary N) is 1. The quantitative estimate of drug-likeness (QED) is 0.548. The van der Waals surface area contributed by atoms with Crippen molar-refractivity contribution in [2.75, 3.05) is 17.6 Å². The first-order valence-electron chi connectivity index (χ1n) is 6.29. The zero-order chi connectivity index (χ0) is 13.8. The van der Waals surface area contributed by atoms with Gasteiger partial charge in [-0.3, -0.25) is 0 Å². The third-order valence-corrected chi connectivity index (χ3v) is 3.82. The van der Waals surface area contributed by atoms with Gasteiger partial charge in [-0.2, -0.15) is 0 Å². The van der Waals surface area contributed by atoms with Gasteiger partial charge in [-0.1, -0.05) is 41.6 Å². The lowest BCUT2D eigenvalue weighted by molar-refractivity contribution is 0.489. The van der Waals surface area contributed by atoms with Crippen LogP contribution >= 0.6 is 23.4 Å². The number of para-hydroxylation sites is 2. The summed E-state index contributed by atoms with van der Waals surface area (Å²) in [6, 6.07) is 15.5. The molecular weight excluding hydrogens is 292 g/mol. The molecule has 20 heavy (non-hydrogen) atoms. The number of rotatable bonds is 5. The third-order valence-electron chi connectivity index (χ3n) is 2.76. The zero-order valence-electron chi connectivity index (χ0n) is 10.7. The fourth-order valence-corrected chi connectivity index (χ4v) is 2.73. The van der Waals surface area contributed by atoms with E-state index in [4.69, 9.17) is 16.0 Å². The van der Waals surface area contributed by atoms with E-state index in [2.05, 4.69) is 10.3 Å². The van der Waals surface area contributed by atoms with Crippen molar-refractivity contribution in [3.05, 3.63) is 53.6 Å². The largest absolute Gasteiger partial charge is 0.431 e. The first kappa shape index (κ1) is 13.3. The van der Waals surface area contributed by atoms with Crippen molar-refractivity contribution in [2.24, 2.45) is 0 Å². The summed E-state index contributed by atoms with van der Waals surface area (Å²) in [6.45, 7) is 0.823. The van der Waals surface area contributed by atoms with Gasteiger partial charge >= 0.3 is 0 Å². The molecule has 3 rings (SSSR count). The standard InChI is InChI=1S/C15H13ClN2OS/c16-11-4-3-5-12(10-11)17-8-9-20-15-18-13-6-1-2-7-14(13)19-15/h1-7,10,17H,8-9H2. The van der Waals surface area contributed by atoms with Crippen LogP contribution in [0.5, 0.6) is 0 Å². The monoisotopic (exact) mass is 304 g/mol. The molecule has 3 aromatic rings. The van der Waals surface area contributed by atoms with Crippen LogP contribution in [0.1, 0.15) is 0 Å². The van der Waals surface area contributed by atoms with Crippen molar-refractivity contribution in [3.63, 3.8) is 0 Å². The van der Waals surface area contributed by atoms with E-state index in [0.29, 0.717) is 5.22 Å². The predicted octanol–water partition coefficient (Wildman–Crippen LogP) is 4.69. The second kappa shape index (κ2) is 6.20. The van der Waals surface area contributed by atoms with E-state index in [1.807, 2.05) is 48.5 Å². The Labute approximate surface area is 126 Å². The van der Waals surface area contributed by atoms with Gasteiger partial charge < -0.3 is 9.73 Å². The molecule has 2 aromatic carbocycles. The second-order valence-corrected chi connectivity index (χ2v) is 5.72. The number of anilines is 1. The van der Waals surface area contributed by atoms with E-state index >= 15 is 0 Å². The van der Waals surface area contributed by atoms with Crippen molar-refractivity contribution in [3.8, 4) is 0 Å². The zero-order valence-corrected chi connectivity index (χ0v) is 12.2. The van der Waals surface area contributed by atoms with Crippen LogP contribution in [-0.2, 0) is 0 Å². The smallest absolute Gasteiger partial charge is 0.256 e. The summed E-state index contributed by atoms with van der Waals surface area (Å²) in [4.78, 5) is 4.42. The number of hydrogen-bond acceptors (Lipinski definition) is 4.